The molecular formula is C19H24BrN3. The molecule has 0 aliphatic carbocycles. The maximum atomic E-state index is 4.75. The fourth-order valence-corrected chi connectivity index (χ4v) is 3.42. The Morgan fingerprint density at radius 2 is 1.96 bits per heavy atom. The monoisotopic (exact) mass is 373 g/mol. The van der Waals surface area contributed by atoms with Crippen LogP contribution in [-0.2, 0) is 6.42 Å². The zero-order valence-electron chi connectivity index (χ0n) is 13.5. The summed E-state index contributed by atoms with van der Waals surface area (Å²) in [4.78, 5) is 7.20. The molecule has 0 amide bonds. The molecule has 0 saturated heterocycles. The van der Waals surface area contributed by atoms with Crippen LogP contribution in [0.4, 0.5) is 0 Å². The standard InChI is InChI=1S/C19H24BrN3/c20-9-11-21-10-4-13-23-14-12-22-19(23)15-17-7-3-6-16-5-1-2-8-18(16)17/h1-3,5-8,21H,4,9-15H2. The largest absolute Gasteiger partial charge is 0.358 e. The molecule has 23 heavy (non-hydrogen) atoms. The van der Waals surface area contributed by atoms with Gasteiger partial charge >= 0.3 is 0 Å². The smallest absolute Gasteiger partial charge is 0.103 e. The summed E-state index contributed by atoms with van der Waals surface area (Å²) < 4.78 is 0. The molecule has 1 aliphatic heterocycles. The van der Waals surface area contributed by atoms with E-state index in [9.17, 15) is 0 Å². The summed E-state index contributed by atoms with van der Waals surface area (Å²) in [5.41, 5.74) is 1.38. The van der Waals surface area contributed by atoms with E-state index in [1.54, 1.807) is 0 Å². The van der Waals surface area contributed by atoms with Crippen molar-refractivity contribution in [3.05, 3.63) is 48.0 Å². The van der Waals surface area contributed by atoms with Crippen LogP contribution in [0.25, 0.3) is 10.8 Å². The van der Waals surface area contributed by atoms with Crippen LogP contribution >= 0.6 is 15.9 Å². The highest BCUT2D eigenvalue weighted by Gasteiger charge is 2.17. The number of hydrogen-bond donors (Lipinski definition) is 1. The molecule has 3 nitrogen and oxygen atoms in total. The summed E-state index contributed by atoms with van der Waals surface area (Å²) >= 11 is 3.44. The second kappa shape index (κ2) is 8.46. The van der Waals surface area contributed by atoms with Crippen LogP contribution in [0.15, 0.2) is 47.5 Å². The van der Waals surface area contributed by atoms with Crippen LogP contribution < -0.4 is 5.32 Å². The molecule has 2 aromatic carbocycles. The Hall–Kier alpha value is -1.39. The molecule has 3 rings (SSSR count). The number of fused-ring (bicyclic) bond motifs is 1. The fourth-order valence-electron chi connectivity index (χ4n) is 3.14. The molecule has 1 heterocycles. The number of halogens is 1. The Morgan fingerprint density at radius 1 is 1.09 bits per heavy atom. The summed E-state index contributed by atoms with van der Waals surface area (Å²) in [5.74, 6) is 1.25. The first-order chi connectivity index (χ1) is 11.4. The van der Waals surface area contributed by atoms with E-state index in [1.807, 2.05) is 0 Å². The van der Waals surface area contributed by atoms with Crippen LogP contribution in [0.5, 0.6) is 0 Å². The molecule has 122 valence electrons. The predicted molar refractivity (Wildman–Crippen MR) is 103 cm³/mol. The van der Waals surface area contributed by atoms with Gasteiger partial charge in [0, 0.05) is 31.4 Å². The van der Waals surface area contributed by atoms with Crippen molar-refractivity contribution in [3.63, 3.8) is 0 Å². The molecular weight excluding hydrogens is 350 g/mol. The van der Waals surface area contributed by atoms with Gasteiger partial charge in [0.1, 0.15) is 5.84 Å². The van der Waals surface area contributed by atoms with Crippen LogP contribution in [0, 0.1) is 0 Å². The summed E-state index contributed by atoms with van der Waals surface area (Å²) in [6.07, 6.45) is 2.11. The quantitative estimate of drug-likeness (QED) is 0.566. The van der Waals surface area contributed by atoms with Crippen molar-refractivity contribution in [3.8, 4) is 0 Å². The van der Waals surface area contributed by atoms with Crippen LogP contribution in [0.1, 0.15) is 12.0 Å². The molecule has 0 radical (unpaired) electrons. The normalized spacial score (nSPS) is 14.5. The van der Waals surface area contributed by atoms with Gasteiger partial charge in [0.05, 0.1) is 6.54 Å². The topological polar surface area (TPSA) is 27.6 Å². The Labute approximate surface area is 146 Å². The Bertz CT molecular complexity index is 663. The van der Waals surface area contributed by atoms with E-state index in [2.05, 4.69) is 68.6 Å². The highest BCUT2D eigenvalue weighted by atomic mass is 79.9. The predicted octanol–water partition coefficient (Wildman–Crippen LogP) is 3.47. The number of hydrogen-bond acceptors (Lipinski definition) is 3. The highest BCUT2D eigenvalue weighted by molar-refractivity contribution is 9.09. The lowest BCUT2D eigenvalue weighted by atomic mass is 10.0. The molecule has 0 fully saturated rings. The minimum absolute atomic E-state index is 0.939. The maximum absolute atomic E-state index is 4.75. The molecule has 0 unspecified atom stereocenters. The third kappa shape index (κ3) is 4.33. The van der Waals surface area contributed by atoms with E-state index in [0.717, 1.165) is 44.5 Å². The first kappa shape index (κ1) is 16.5. The number of benzene rings is 2. The number of aliphatic imine (C=N–C) groups is 1. The number of nitrogens with zero attached hydrogens (tertiary/aromatic N) is 2. The third-order valence-electron chi connectivity index (χ3n) is 4.31. The van der Waals surface area contributed by atoms with Gasteiger partial charge in [0.15, 0.2) is 0 Å². The maximum Gasteiger partial charge on any atom is 0.103 e. The van der Waals surface area contributed by atoms with Gasteiger partial charge in [-0.2, -0.15) is 0 Å². The number of amidine groups is 1. The molecule has 2 aromatic rings. The molecule has 0 bridgehead atoms. The molecule has 1 aliphatic rings. The Morgan fingerprint density at radius 3 is 2.87 bits per heavy atom. The molecule has 0 atom stereocenters. The van der Waals surface area contributed by atoms with Gasteiger partial charge in [-0.3, -0.25) is 4.99 Å². The molecule has 0 spiro atoms. The van der Waals surface area contributed by atoms with Crippen LogP contribution in [0.2, 0.25) is 0 Å². The second-order valence-electron chi connectivity index (χ2n) is 5.89. The lowest BCUT2D eigenvalue weighted by molar-refractivity contribution is 0.434. The average molecular weight is 374 g/mol. The average Bonchev–Trinajstić information content (AvgIpc) is 3.02. The van der Waals surface area contributed by atoms with Crippen molar-refractivity contribution in [2.24, 2.45) is 4.99 Å². The van der Waals surface area contributed by atoms with Crippen molar-refractivity contribution in [2.45, 2.75) is 12.8 Å². The van der Waals surface area contributed by atoms with Crippen molar-refractivity contribution >= 4 is 32.5 Å². The molecule has 0 aromatic heterocycles. The Balaban J connectivity index is 1.62. The van der Waals surface area contributed by atoms with E-state index in [-0.39, 0.29) is 0 Å². The summed E-state index contributed by atoms with van der Waals surface area (Å²) in [5, 5.41) is 7.12. The number of rotatable bonds is 8. The van der Waals surface area contributed by atoms with E-state index in [4.69, 9.17) is 4.99 Å². The van der Waals surface area contributed by atoms with Crippen molar-refractivity contribution in [1.29, 1.82) is 0 Å². The Kier molecular flexibility index (Phi) is 6.06. The van der Waals surface area contributed by atoms with Crippen molar-refractivity contribution in [1.82, 2.24) is 10.2 Å². The van der Waals surface area contributed by atoms with Crippen LogP contribution in [0.3, 0.4) is 0 Å². The second-order valence-corrected chi connectivity index (χ2v) is 6.69. The van der Waals surface area contributed by atoms with Gasteiger partial charge in [-0.15, -0.1) is 0 Å². The highest BCUT2D eigenvalue weighted by Crippen LogP contribution is 2.20. The van der Waals surface area contributed by atoms with E-state index < -0.39 is 0 Å². The minimum atomic E-state index is 0.939. The van der Waals surface area contributed by atoms with Gasteiger partial charge in [0.2, 0.25) is 0 Å². The van der Waals surface area contributed by atoms with E-state index in [1.165, 1.54) is 28.6 Å². The van der Waals surface area contributed by atoms with Gasteiger partial charge in [-0.25, -0.2) is 0 Å². The summed E-state index contributed by atoms with van der Waals surface area (Å²) in [6.45, 7) is 5.22. The molecule has 1 N–H and O–H groups in total. The van der Waals surface area contributed by atoms with Gasteiger partial charge in [-0.1, -0.05) is 58.4 Å². The third-order valence-corrected chi connectivity index (χ3v) is 4.71. The zero-order valence-corrected chi connectivity index (χ0v) is 15.1. The van der Waals surface area contributed by atoms with E-state index in [0.29, 0.717) is 0 Å². The lowest BCUT2D eigenvalue weighted by Gasteiger charge is -2.21. The molecule has 0 saturated carbocycles. The van der Waals surface area contributed by atoms with Gasteiger partial charge < -0.3 is 10.2 Å². The summed E-state index contributed by atoms with van der Waals surface area (Å²) in [6, 6.07) is 15.2. The number of alkyl halides is 1. The first-order valence-electron chi connectivity index (χ1n) is 8.40. The summed E-state index contributed by atoms with van der Waals surface area (Å²) in [7, 11) is 0. The van der Waals surface area contributed by atoms with Crippen molar-refractivity contribution < 1.29 is 0 Å². The zero-order chi connectivity index (χ0) is 15.9. The lowest BCUT2D eigenvalue weighted by Crippen LogP contribution is -2.32. The van der Waals surface area contributed by atoms with Gasteiger partial charge in [0.25, 0.3) is 0 Å². The number of nitrogens with one attached hydrogen (secondary N) is 1. The minimum Gasteiger partial charge on any atom is -0.358 e. The van der Waals surface area contributed by atoms with Crippen LogP contribution in [-0.4, -0.2) is 48.8 Å². The first-order valence-corrected chi connectivity index (χ1v) is 9.52. The SMILES string of the molecule is BrCCNCCCN1CCN=C1Cc1cccc2ccccc12. The van der Waals surface area contributed by atoms with Crippen molar-refractivity contribution in [2.75, 3.05) is 38.1 Å². The van der Waals surface area contributed by atoms with Gasteiger partial charge in [-0.05, 0) is 29.3 Å². The van der Waals surface area contributed by atoms with E-state index >= 15 is 0 Å². The fraction of sp³-hybridized carbons (Fsp3) is 0.421. The molecule has 4 heteroatoms.